The van der Waals surface area contributed by atoms with Gasteiger partial charge >= 0.3 is 6.03 Å². The van der Waals surface area contributed by atoms with Gasteiger partial charge in [-0.15, -0.1) is 0 Å². The molecule has 6 nitrogen and oxygen atoms in total. The van der Waals surface area contributed by atoms with Crippen molar-refractivity contribution in [2.45, 2.75) is 18.2 Å². The number of nitrogens with one attached hydrogen (secondary N) is 2. The molecular weight excluding hydrogens is 302 g/mol. The molecule has 2 N–H and O–H groups in total. The fraction of sp³-hybridized carbons (Fsp3) is 0.200. The van der Waals surface area contributed by atoms with Crippen LogP contribution in [0.25, 0.3) is 0 Å². The number of urea groups is 1. The molecule has 0 unspecified atom stereocenters. The van der Waals surface area contributed by atoms with E-state index in [9.17, 15) is 13.2 Å². The van der Waals surface area contributed by atoms with E-state index in [2.05, 4.69) is 10.3 Å². The summed E-state index contributed by atoms with van der Waals surface area (Å²) in [6, 6.07) is 9.21. The lowest BCUT2D eigenvalue weighted by molar-refractivity contribution is 0.246. The molecule has 0 aliphatic heterocycles. The number of hydrogen-bond donors (Lipinski definition) is 2. The zero-order valence-electron chi connectivity index (χ0n) is 12.1. The topological polar surface area (TPSA) is 88.2 Å². The average Bonchev–Trinajstić information content (AvgIpc) is 2.48. The number of benzene rings is 1. The zero-order chi connectivity index (χ0) is 16.0. The van der Waals surface area contributed by atoms with Crippen LogP contribution in [0.3, 0.4) is 0 Å². The third-order valence-corrected chi connectivity index (χ3v) is 4.33. The predicted octanol–water partition coefficient (Wildman–Crippen LogP) is 1.62. The summed E-state index contributed by atoms with van der Waals surface area (Å²) in [5, 5.41) is 2.51. The molecule has 0 aliphatic carbocycles. The van der Waals surface area contributed by atoms with Crippen molar-refractivity contribution < 1.29 is 13.2 Å². The highest BCUT2D eigenvalue weighted by atomic mass is 32.2. The molecule has 7 heteroatoms. The number of aryl methyl sites for hydroxylation is 1. The van der Waals surface area contributed by atoms with Crippen LogP contribution in [-0.4, -0.2) is 26.0 Å². The molecule has 0 spiro atoms. The van der Waals surface area contributed by atoms with E-state index in [4.69, 9.17) is 0 Å². The fourth-order valence-corrected chi connectivity index (χ4v) is 2.73. The third kappa shape index (κ3) is 4.56. The number of sulfonamides is 1. The van der Waals surface area contributed by atoms with Gasteiger partial charge in [-0.3, -0.25) is 4.98 Å². The molecule has 0 atom stereocenters. The van der Waals surface area contributed by atoms with Crippen LogP contribution in [0.15, 0.2) is 53.7 Å². The molecule has 2 amide bonds. The Bertz CT molecular complexity index is 728. The number of nitrogens with zero attached hydrogens (tertiary/aromatic N) is 1. The molecule has 1 aromatic carbocycles. The highest BCUT2D eigenvalue weighted by molar-refractivity contribution is 7.90. The van der Waals surface area contributed by atoms with Crippen molar-refractivity contribution in [2.75, 3.05) is 6.54 Å². The lowest BCUT2D eigenvalue weighted by Gasteiger charge is -2.08. The molecule has 2 rings (SSSR count). The number of pyridine rings is 1. The Balaban J connectivity index is 1.87. The van der Waals surface area contributed by atoms with Crippen LogP contribution in [-0.2, 0) is 16.4 Å². The lowest BCUT2D eigenvalue weighted by atomic mass is 10.2. The summed E-state index contributed by atoms with van der Waals surface area (Å²) in [5.74, 6) is 0. The summed E-state index contributed by atoms with van der Waals surface area (Å²) in [5.41, 5.74) is 1.91. The smallest absolute Gasteiger partial charge is 0.328 e. The van der Waals surface area contributed by atoms with Gasteiger partial charge in [-0.25, -0.2) is 17.9 Å². The maximum atomic E-state index is 12.0. The first-order chi connectivity index (χ1) is 10.5. The minimum atomic E-state index is -3.85. The quantitative estimate of drug-likeness (QED) is 0.876. The Morgan fingerprint density at radius 1 is 1.18 bits per heavy atom. The van der Waals surface area contributed by atoms with Gasteiger partial charge in [0.2, 0.25) is 0 Å². The second-order valence-electron chi connectivity index (χ2n) is 4.79. The third-order valence-electron chi connectivity index (χ3n) is 2.98. The Labute approximate surface area is 129 Å². The van der Waals surface area contributed by atoms with Crippen molar-refractivity contribution >= 4 is 16.1 Å². The number of rotatable bonds is 5. The SMILES string of the molecule is Cc1ccc(S(=O)(=O)NC(=O)NCCc2cccnc2)cc1. The lowest BCUT2D eigenvalue weighted by Crippen LogP contribution is -2.40. The highest BCUT2D eigenvalue weighted by Gasteiger charge is 2.16. The normalized spacial score (nSPS) is 11.0. The monoisotopic (exact) mass is 319 g/mol. The maximum absolute atomic E-state index is 12.0. The van der Waals surface area contributed by atoms with Crippen LogP contribution in [0.5, 0.6) is 0 Å². The Morgan fingerprint density at radius 2 is 1.91 bits per heavy atom. The summed E-state index contributed by atoms with van der Waals surface area (Å²) < 4.78 is 26.0. The van der Waals surface area contributed by atoms with Gasteiger partial charge in [0.05, 0.1) is 4.90 Å². The Hall–Kier alpha value is -2.41. The van der Waals surface area contributed by atoms with Crippen molar-refractivity contribution in [3.63, 3.8) is 0 Å². The first-order valence-corrected chi connectivity index (χ1v) is 8.22. The van der Waals surface area contributed by atoms with Crippen molar-refractivity contribution in [1.82, 2.24) is 15.0 Å². The minimum Gasteiger partial charge on any atom is -0.337 e. The number of aromatic nitrogens is 1. The molecule has 1 heterocycles. The number of amides is 2. The molecule has 1 aromatic heterocycles. The van der Waals surface area contributed by atoms with E-state index in [0.717, 1.165) is 11.1 Å². The first-order valence-electron chi connectivity index (χ1n) is 6.73. The number of hydrogen-bond acceptors (Lipinski definition) is 4. The molecule has 116 valence electrons. The van der Waals surface area contributed by atoms with Gasteiger partial charge < -0.3 is 5.32 Å². The number of carbonyl (C=O) groups is 1. The highest BCUT2D eigenvalue weighted by Crippen LogP contribution is 2.09. The summed E-state index contributed by atoms with van der Waals surface area (Å²) in [6.07, 6.45) is 3.94. The summed E-state index contributed by atoms with van der Waals surface area (Å²) in [7, 11) is -3.85. The molecule has 22 heavy (non-hydrogen) atoms. The Kier molecular flexibility index (Phi) is 5.11. The Morgan fingerprint density at radius 3 is 2.55 bits per heavy atom. The molecule has 0 bridgehead atoms. The molecule has 0 saturated heterocycles. The predicted molar refractivity (Wildman–Crippen MR) is 82.8 cm³/mol. The van der Waals surface area contributed by atoms with E-state index in [1.165, 1.54) is 12.1 Å². The van der Waals surface area contributed by atoms with Crippen LogP contribution < -0.4 is 10.0 Å². The second-order valence-corrected chi connectivity index (χ2v) is 6.47. The van der Waals surface area contributed by atoms with Crippen molar-refractivity contribution in [3.05, 3.63) is 59.9 Å². The van der Waals surface area contributed by atoms with Gasteiger partial charge in [-0.2, -0.15) is 0 Å². The summed E-state index contributed by atoms with van der Waals surface area (Å²) in [6.45, 7) is 2.18. The minimum absolute atomic E-state index is 0.0560. The molecule has 2 aromatic rings. The largest absolute Gasteiger partial charge is 0.337 e. The van der Waals surface area contributed by atoms with Crippen LogP contribution >= 0.6 is 0 Å². The molecule has 0 radical (unpaired) electrons. The van der Waals surface area contributed by atoms with Gasteiger partial charge in [-0.1, -0.05) is 23.8 Å². The van der Waals surface area contributed by atoms with Gasteiger partial charge in [0.1, 0.15) is 0 Å². The van der Waals surface area contributed by atoms with E-state index in [1.807, 2.05) is 17.7 Å². The van der Waals surface area contributed by atoms with E-state index >= 15 is 0 Å². The van der Waals surface area contributed by atoms with Gasteiger partial charge in [0, 0.05) is 18.9 Å². The van der Waals surface area contributed by atoms with E-state index in [-0.39, 0.29) is 4.90 Å². The maximum Gasteiger partial charge on any atom is 0.328 e. The molecule has 0 aliphatic rings. The van der Waals surface area contributed by atoms with Crippen molar-refractivity contribution in [3.8, 4) is 0 Å². The standard InChI is InChI=1S/C15H17N3O3S/c1-12-4-6-14(7-5-12)22(20,21)18-15(19)17-10-8-13-3-2-9-16-11-13/h2-7,9,11H,8,10H2,1H3,(H2,17,18,19). The van der Waals surface area contributed by atoms with Gasteiger partial charge in [0.15, 0.2) is 0 Å². The van der Waals surface area contributed by atoms with Crippen LogP contribution in [0.4, 0.5) is 4.79 Å². The first kappa shape index (κ1) is 16.0. The van der Waals surface area contributed by atoms with E-state index < -0.39 is 16.1 Å². The van der Waals surface area contributed by atoms with Crippen LogP contribution in [0.2, 0.25) is 0 Å². The van der Waals surface area contributed by atoms with Gasteiger partial charge in [-0.05, 0) is 37.1 Å². The van der Waals surface area contributed by atoms with Crippen LogP contribution in [0, 0.1) is 6.92 Å². The molecule has 0 saturated carbocycles. The fourth-order valence-electron chi connectivity index (χ4n) is 1.80. The molecular formula is C15H17N3O3S. The number of carbonyl (C=O) groups excluding carboxylic acids is 1. The average molecular weight is 319 g/mol. The summed E-state index contributed by atoms with van der Waals surface area (Å²) in [4.78, 5) is 15.7. The second kappa shape index (κ2) is 7.04. The van der Waals surface area contributed by atoms with Crippen molar-refractivity contribution in [1.29, 1.82) is 0 Å². The van der Waals surface area contributed by atoms with E-state index in [1.54, 1.807) is 30.6 Å². The zero-order valence-corrected chi connectivity index (χ0v) is 12.9. The van der Waals surface area contributed by atoms with Crippen molar-refractivity contribution in [2.24, 2.45) is 0 Å². The van der Waals surface area contributed by atoms with Gasteiger partial charge in [0.25, 0.3) is 10.0 Å². The summed E-state index contributed by atoms with van der Waals surface area (Å²) >= 11 is 0. The van der Waals surface area contributed by atoms with Crippen LogP contribution in [0.1, 0.15) is 11.1 Å². The van der Waals surface area contributed by atoms with E-state index in [0.29, 0.717) is 13.0 Å². The molecule has 0 fully saturated rings.